The van der Waals surface area contributed by atoms with Crippen molar-refractivity contribution >= 4 is 0 Å². The summed E-state index contributed by atoms with van der Waals surface area (Å²) in [5, 5.41) is 0. The first kappa shape index (κ1) is 13.5. The van der Waals surface area contributed by atoms with Gasteiger partial charge in [-0.15, -0.1) is 0 Å². The number of hydrogen-bond acceptors (Lipinski definition) is 2. The van der Waals surface area contributed by atoms with E-state index in [1.807, 2.05) is 13.8 Å². The first-order chi connectivity index (χ1) is 8.93. The number of aromatic amines is 1. The average Bonchev–Trinajstić information content (AvgIpc) is 2.32. The monoisotopic (exact) mass is 256 g/mol. The lowest BCUT2D eigenvalue weighted by Crippen LogP contribution is -2.16. The molecule has 0 fully saturated rings. The number of benzene rings is 1. The Labute approximate surface area is 113 Å². The van der Waals surface area contributed by atoms with Gasteiger partial charge in [0.1, 0.15) is 5.82 Å². The van der Waals surface area contributed by atoms with Gasteiger partial charge >= 0.3 is 0 Å². The molecule has 1 aromatic carbocycles. The van der Waals surface area contributed by atoms with E-state index in [1.54, 1.807) is 0 Å². The van der Waals surface area contributed by atoms with Crippen LogP contribution in [0, 0.1) is 27.7 Å². The van der Waals surface area contributed by atoms with Crippen molar-refractivity contribution in [2.24, 2.45) is 0 Å². The number of nitrogens with one attached hydrogen (secondary N) is 1. The molecule has 1 heterocycles. The summed E-state index contributed by atoms with van der Waals surface area (Å²) in [6, 6.07) is 4.27. The number of aromatic nitrogens is 2. The van der Waals surface area contributed by atoms with E-state index in [0.717, 1.165) is 23.5 Å². The van der Waals surface area contributed by atoms with Crippen LogP contribution in [-0.4, -0.2) is 9.97 Å². The molecule has 0 spiro atoms. The Balaban J connectivity index is 2.79. The maximum absolute atomic E-state index is 12.0. The van der Waals surface area contributed by atoms with Crippen molar-refractivity contribution in [3.05, 3.63) is 50.6 Å². The molecule has 3 nitrogen and oxygen atoms in total. The van der Waals surface area contributed by atoms with Gasteiger partial charge in [0.05, 0.1) is 5.69 Å². The fraction of sp³-hybridized carbons (Fsp3) is 0.375. The zero-order chi connectivity index (χ0) is 14.2. The van der Waals surface area contributed by atoms with E-state index in [1.165, 1.54) is 16.7 Å². The second-order valence-corrected chi connectivity index (χ2v) is 5.11. The summed E-state index contributed by atoms with van der Waals surface area (Å²) in [6.45, 7) is 10.1. The third-order valence-corrected chi connectivity index (χ3v) is 3.45. The molecule has 0 aliphatic carbocycles. The number of aryl methyl sites for hydroxylation is 4. The highest BCUT2D eigenvalue weighted by atomic mass is 16.1. The predicted octanol–water partition coefficient (Wildman–Crippen LogP) is 3.23. The molecule has 19 heavy (non-hydrogen) atoms. The minimum absolute atomic E-state index is 0.0405. The van der Waals surface area contributed by atoms with E-state index in [2.05, 4.69) is 42.9 Å². The van der Waals surface area contributed by atoms with Crippen LogP contribution in [0.1, 0.15) is 35.0 Å². The van der Waals surface area contributed by atoms with Crippen LogP contribution in [0.15, 0.2) is 16.9 Å². The maximum atomic E-state index is 12.0. The normalized spacial score (nSPS) is 10.8. The van der Waals surface area contributed by atoms with E-state index in [4.69, 9.17) is 0 Å². The highest BCUT2D eigenvalue weighted by molar-refractivity contribution is 5.70. The number of rotatable bonds is 2. The molecule has 0 atom stereocenters. The van der Waals surface area contributed by atoms with E-state index >= 15 is 0 Å². The molecule has 1 N–H and O–H groups in total. The highest BCUT2D eigenvalue weighted by Crippen LogP contribution is 2.28. The van der Waals surface area contributed by atoms with Gasteiger partial charge in [-0.25, -0.2) is 4.98 Å². The summed E-state index contributed by atoms with van der Waals surface area (Å²) in [5.74, 6) is 0.741. The van der Waals surface area contributed by atoms with Gasteiger partial charge in [0.15, 0.2) is 0 Å². The summed E-state index contributed by atoms with van der Waals surface area (Å²) in [5.41, 5.74) is 6.12. The molecule has 100 valence electrons. The highest BCUT2D eigenvalue weighted by Gasteiger charge is 2.14. The Morgan fingerprint density at radius 3 is 2.21 bits per heavy atom. The van der Waals surface area contributed by atoms with Crippen molar-refractivity contribution in [2.45, 2.75) is 41.0 Å². The number of H-pyrrole nitrogens is 1. The molecule has 0 unspecified atom stereocenters. The third kappa shape index (κ3) is 2.46. The Hall–Kier alpha value is -1.90. The van der Waals surface area contributed by atoms with Crippen LogP contribution >= 0.6 is 0 Å². The summed E-state index contributed by atoms with van der Waals surface area (Å²) >= 11 is 0. The molecular formula is C16H20N2O. The van der Waals surface area contributed by atoms with Crippen molar-refractivity contribution in [1.29, 1.82) is 0 Å². The largest absolute Gasteiger partial charge is 0.310 e. The first-order valence-corrected chi connectivity index (χ1v) is 6.62. The zero-order valence-electron chi connectivity index (χ0n) is 12.2. The summed E-state index contributed by atoms with van der Waals surface area (Å²) in [4.78, 5) is 19.4. The molecule has 2 aromatic rings. The SMILES string of the molecule is CCc1nc(-c2c(C)cc(C)cc2C)c(C)c(=O)[nH]1. The van der Waals surface area contributed by atoms with Crippen LogP contribution in [0.4, 0.5) is 0 Å². The van der Waals surface area contributed by atoms with Crippen molar-refractivity contribution in [3.8, 4) is 11.3 Å². The second kappa shape index (κ2) is 5.00. The third-order valence-electron chi connectivity index (χ3n) is 3.45. The fourth-order valence-corrected chi connectivity index (χ4v) is 2.54. The second-order valence-electron chi connectivity index (χ2n) is 5.11. The molecule has 1 aromatic heterocycles. The van der Waals surface area contributed by atoms with E-state index in [-0.39, 0.29) is 5.56 Å². The predicted molar refractivity (Wildman–Crippen MR) is 78.6 cm³/mol. The van der Waals surface area contributed by atoms with Crippen LogP contribution in [0.5, 0.6) is 0 Å². The average molecular weight is 256 g/mol. The van der Waals surface area contributed by atoms with Gasteiger partial charge in [-0.3, -0.25) is 4.79 Å². The minimum atomic E-state index is -0.0405. The molecule has 0 radical (unpaired) electrons. The quantitative estimate of drug-likeness (QED) is 0.896. The molecule has 0 aliphatic heterocycles. The molecule has 0 saturated carbocycles. The van der Waals surface area contributed by atoms with Gasteiger partial charge in [-0.05, 0) is 38.8 Å². The van der Waals surface area contributed by atoms with Crippen molar-refractivity contribution < 1.29 is 0 Å². The molecule has 2 rings (SSSR count). The lowest BCUT2D eigenvalue weighted by Gasteiger charge is -2.13. The topological polar surface area (TPSA) is 45.8 Å². The molecule has 0 aliphatic rings. The van der Waals surface area contributed by atoms with E-state index in [9.17, 15) is 4.79 Å². The molecule has 3 heteroatoms. The van der Waals surface area contributed by atoms with Gasteiger partial charge in [0.25, 0.3) is 5.56 Å². The van der Waals surface area contributed by atoms with Crippen molar-refractivity contribution in [3.63, 3.8) is 0 Å². The molecule has 0 bridgehead atoms. The van der Waals surface area contributed by atoms with E-state index < -0.39 is 0 Å². The smallest absolute Gasteiger partial charge is 0.254 e. The summed E-state index contributed by atoms with van der Waals surface area (Å²) in [6.07, 6.45) is 0.729. The Kier molecular flexibility index (Phi) is 3.56. The van der Waals surface area contributed by atoms with Gasteiger partial charge in [0, 0.05) is 17.5 Å². The standard InChI is InChI=1S/C16H20N2O/c1-6-13-17-15(12(5)16(19)18-13)14-10(3)7-9(2)8-11(14)4/h7-8H,6H2,1-5H3,(H,17,18,19). The number of hydrogen-bond donors (Lipinski definition) is 1. The maximum Gasteiger partial charge on any atom is 0.254 e. The first-order valence-electron chi connectivity index (χ1n) is 6.62. The molecular weight excluding hydrogens is 236 g/mol. The van der Waals surface area contributed by atoms with Crippen molar-refractivity contribution in [1.82, 2.24) is 9.97 Å². The summed E-state index contributed by atoms with van der Waals surface area (Å²) in [7, 11) is 0. The minimum Gasteiger partial charge on any atom is -0.310 e. The van der Waals surface area contributed by atoms with Crippen LogP contribution in [-0.2, 0) is 6.42 Å². The number of nitrogens with zero attached hydrogens (tertiary/aromatic N) is 1. The van der Waals surface area contributed by atoms with Crippen LogP contribution in [0.2, 0.25) is 0 Å². The fourth-order valence-electron chi connectivity index (χ4n) is 2.54. The Morgan fingerprint density at radius 1 is 1.11 bits per heavy atom. The Bertz CT molecular complexity index is 661. The lowest BCUT2D eigenvalue weighted by atomic mass is 9.95. The molecule has 0 saturated heterocycles. The lowest BCUT2D eigenvalue weighted by molar-refractivity contribution is 0.910. The zero-order valence-corrected chi connectivity index (χ0v) is 12.2. The van der Waals surface area contributed by atoms with Gasteiger partial charge in [-0.2, -0.15) is 0 Å². The van der Waals surface area contributed by atoms with Gasteiger partial charge in [-0.1, -0.05) is 24.6 Å². The van der Waals surface area contributed by atoms with Crippen LogP contribution in [0.3, 0.4) is 0 Å². The van der Waals surface area contributed by atoms with Crippen molar-refractivity contribution in [2.75, 3.05) is 0 Å². The van der Waals surface area contributed by atoms with Crippen LogP contribution in [0.25, 0.3) is 11.3 Å². The Morgan fingerprint density at radius 2 is 1.68 bits per heavy atom. The van der Waals surface area contributed by atoms with Crippen LogP contribution < -0.4 is 5.56 Å². The van der Waals surface area contributed by atoms with Gasteiger partial charge < -0.3 is 4.98 Å². The molecule has 0 amide bonds. The van der Waals surface area contributed by atoms with E-state index in [0.29, 0.717) is 5.56 Å². The van der Waals surface area contributed by atoms with Gasteiger partial charge in [0.2, 0.25) is 0 Å². The summed E-state index contributed by atoms with van der Waals surface area (Å²) < 4.78 is 0.